The Labute approximate surface area is 109 Å². The molecular weight excluding hydrogens is 240 g/mol. The maximum Gasteiger partial charge on any atom is 0.257 e. The van der Waals surface area contributed by atoms with E-state index in [1.807, 2.05) is 30.3 Å². The molecule has 0 saturated carbocycles. The van der Waals surface area contributed by atoms with Crippen molar-refractivity contribution in [3.8, 4) is 17.0 Å². The number of pyridine rings is 2. The quantitative estimate of drug-likeness (QED) is 0.762. The number of benzene rings is 1. The number of ether oxygens (including phenoxy) is 1. The molecule has 0 aliphatic heterocycles. The largest absolute Gasteiger partial charge is 0.497 e. The van der Waals surface area contributed by atoms with Crippen LogP contribution in [-0.4, -0.2) is 17.1 Å². The fraction of sp³-hybridized carbons (Fsp3) is 0.0667. The number of aromatic amines is 1. The zero-order chi connectivity index (χ0) is 13.2. The second-order valence-electron chi connectivity index (χ2n) is 4.16. The number of rotatable bonds is 2. The van der Waals surface area contributed by atoms with Gasteiger partial charge in [0, 0.05) is 11.8 Å². The number of methoxy groups -OCH3 is 1. The highest BCUT2D eigenvalue weighted by molar-refractivity contribution is 5.80. The van der Waals surface area contributed by atoms with Gasteiger partial charge in [0.2, 0.25) is 0 Å². The molecule has 0 amide bonds. The molecule has 3 aromatic rings. The smallest absolute Gasteiger partial charge is 0.257 e. The number of fused-ring (bicyclic) bond motifs is 1. The summed E-state index contributed by atoms with van der Waals surface area (Å²) in [6.45, 7) is 0. The lowest BCUT2D eigenvalue weighted by Crippen LogP contribution is -2.05. The van der Waals surface area contributed by atoms with Gasteiger partial charge in [-0.1, -0.05) is 0 Å². The van der Waals surface area contributed by atoms with Gasteiger partial charge >= 0.3 is 0 Å². The highest BCUT2D eigenvalue weighted by atomic mass is 16.5. The van der Waals surface area contributed by atoms with E-state index in [1.54, 1.807) is 25.4 Å². The minimum absolute atomic E-state index is 0.119. The van der Waals surface area contributed by atoms with Crippen LogP contribution in [0.2, 0.25) is 0 Å². The molecule has 0 fully saturated rings. The number of aromatic nitrogens is 2. The molecule has 4 nitrogen and oxygen atoms in total. The molecule has 0 aliphatic rings. The van der Waals surface area contributed by atoms with Crippen LogP contribution in [0.3, 0.4) is 0 Å². The highest BCUT2D eigenvalue weighted by Crippen LogP contribution is 2.22. The van der Waals surface area contributed by atoms with E-state index in [9.17, 15) is 4.79 Å². The average Bonchev–Trinajstić information content (AvgIpc) is 2.47. The lowest BCUT2D eigenvalue weighted by Gasteiger charge is -2.04. The van der Waals surface area contributed by atoms with Gasteiger partial charge in [0.25, 0.3) is 5.56 Å². The van der Waals surface area contributed by atoms with Gasteiger partial charge in [-0.15, -0.1) is 0 Å². The first-order valence-corrected chi connectivity index (χ1v) is 5.91. The van der Waals surface area contributed by atoms with Crippen LogP contribution in [0.15, 0.2) is 53.5 Å². The monoisotopic (exact) mass is 252 g/mol. The van der Waals surface area contributed by atoms with Gasteiger partial charge in [-0.25, -0.2) is 4.98 Å². The van der Waals surface area contributed by atoms with Gasteiger partial charge < -0.3 is 9.72 Å². The molecule has 19 heavy (non-hydrogen) atoms. The molecule has 94 valence electrons. The third-order valence-electron chi connectivity index (χ3n) is 3.01. The average molecular weight is 252 g/mol. The van der Waals surface area contributed by atoms with E-state index in [2.05, 4.69) is 9.97 Å². The van der Waals surface area contributed by atoms with Crippen LogP contribution < -0.4 is 10.3 Å². The zero-order valence-corrected chi connectivity index (χ0v) is 10.4. The Hall–Kier alpha value is -2.62. The first-order chi connectivity index (χ1) is 9.28. The lowest BCUT2D eigenvalue weighted by molar-refractivity contribution is 0.415. The number of H-pyrrole nitrogens is 1. The van der Waals surface area contributed by atoms with E-state index >= 15 is 0 Å². The van der Waals surface area contributed by atoms with Crippen LogP contribution in [0.25, 0.3) is 22.2 Å². The summed E-state index contributed by atoms with van der Waals surface area (Å²) < 4.78 is 5.13. The number of hydrogen-bond donors (Lipinski definition) is 1. The van der Waals surface area contributed by atoms with E-state index in [4.69, 9.17) is 4.74 Å². The molecule has 0 radical (unpaired) electrons. The van der Waals surface area contributed by atoms with Crippen molar-refractivity contribution in [2.75, 3.05) is 7.11 Å². The molecule has 0 spiro atoms. The molecule has 1 aromatic carbocycles. The van der Waals surface area contributed by atoms with Crippen molar-refractivity contribution in [1.82, 2.24) is 9.97 Å². The fourth-order valence-electron chi connectivity index (χ4n) is 1.99. The maximum atomic E-state index is 11.6. The molecule has 0 bridgehead atoms. The fourth-order valence-corrected chi connectivity index (χ4v) is 1.99. The van der Waals surface area contributed by atoms with Gasteiger partial charge in [-0.2, -0.15) is 0 Å². The normalized spacial score (nSPS) is 10.6. The van der Waals surface area contributed by atoms with Gasteiger partial charge in [-0.05, 0) is 42.5 Å². The van der Waals surface area contributed by atoms with Crippen LogP contribution in [0.1, 0.15) is 0 Å². The summed E-state index contributed by atoms with van der Waals surface area (Å²) in [4.78, 5) is 18.7. The molecule has 1 N–H and O–H groups in total. The summed E-state index contributed by atoms with van der Waals surface area (Å²) in [5.41, 5.74) is 2.40. The molecule has 0 saturated heterocycles. The number of nitrogens with zero attached hydrogens (tertiary/aromatic N) is 1. The third kappa shape index (κ3) is 2.08. The molecule has 2 aromatic heterocycles. The van der Waals surface area contributed by atoms with Crippen LogP contribution in [0.5, 0.6) is 5.75 Å². The lowest BCUT2D eigenvalue weighted by atomic mass is 10.1. The Morgan fingerprint density at radius 3 is 2.58 bits per heavy atom. The van der Waals surface area contributed by atoms with Crippen molar-refractivity contribution in [2.24, 2.45) is 0 Å². The summed E-state index contributed by atoms with van der Waals surface area (Å²) in [7, 11) is 1.63. The minimum atomic E-state index is -0.119. The molecular formula is C15H12N2O2. The predicted octanol–water partition coefficient (Wildman–Crippen LogP) is 2.60. The van der Waals surface area contributed by atoms with Crippen molar-refractivity contribution < 1.29 is 4.74 Å². The second-order valence-corrected chi connectivity index (χ2v) is 4.16. The Balaban J connectivity index is 2.12. The minimum Gasteiger partial charge on any atom is -0.497 e. The molecule has 2 heterocycles. The second kappa shape index (κ2) is 4.57. The van der Waals surface area contributed by atoms with Gasteiger partial charge in [0.05, 0.1) is 23.7 Å². The number of nitrogens with one attached hydrogen (secondary N) is 1. The topological polar surface area (TPSA) is 55.0 Å². The SMILES string of the molecule is COc1ccc(-c2ccc3c(=O)[nH]ccc3n2)cc1. The Morgan fingerprint density at radius 1 is 1.05 bits per heavy atom. The molecule has 4 heteroatoms. The van der Waals surface area contributed by atoms with E-state index in [0.29, 0.717) is 10.9 Å². The molecule has 0 aliphatic carbocycles. The number of hydrogen-bond acceptors (Lipinski definition) is 3. The van der Waals surface area contributed by atoms with E-state index in [-0.39, 0.29) is 5.56 Å². The van der Waals surface area contributed by atoms with E-state index in [1.165, 1.54) is 0 Å². The first kappa shape index (κ1) is 11.5. The van der Waals surface area contributed by atoms with Crippen LogP contribution in [-0.2, 0) is 0 Å². The van der Waals surface area contributed by atoms with Crippen molar-refractivity contribution >= 4 is 10.9 Å². The van der Waals surface area contributed by atoms with E-state index in [0.717, 1.165) is 17.0 Å². The summed E-state index contributed by atoms with van der Waals surface area (Å²) in [6, 6.07) is 13.1. The molecule has 0 unspecified atom stereocenters. The Bertz CT molecular complexity index is 776. The third-order valence-corrected chi connectivity index (χ3v) is 3.01. The summed E-state index contributed by atoms with van der Waals surface area (Å²) in [5.74, 6) is 0.806. The summed E-state index contributed by atoms with van der Waals surface area (Å²) in [6.07, 6.45) is 1.61. The Morgan fingerprint density at radius 2 is 1.84 bits per heavy atom. The molecule has 0 atom stereocenters. The summed E-state index contributed by atoms with van der Waals surface area (Å²) >= 11 is 0. The summed E-state index contributed by atoms with van der Waals surface area (Å²) in [5, 5.41) is 0.597. The molecule has 3 rings (SSSR count). The van der Waals surface area contributed by atoms with Gasteiger partial charge in [0.15, 0.2) is 0 Å². The van der Waals surface area contributed by atoms with Gasteiger partial charge in [0.1, 0.15) is 5.75 Å². The van der Waals surface area contributed by atoms with Crippen molar-refractivity contribution in [3.63, 3.8) is 0 Å². The predicted molar refractivity (Wildman–Crippen MR) is 74.4 cm³/mol. The van der Waals surface area contributed by atoms with Crippen LogP contribution in [0, 0.1) is 0 Å². The van der Waals surface area contributed by atoms with Crippen LogP contribution in [0.4, 0.5) is 0 Å². The van der Waals surface area contributed by atoms with Crippen molar-refractivity contribution in [1.29, 1.82) is 0 Å². The first-order valence-electron chi connectivity index (χ1n) is 5.91. The maximum absolute atomic E-state index is 11.6. The van der Waals surface area contributed by atoms with E-state index < -0.39 is 0 Å². The van der Waals surface area contributed by atoms with Crippen molar-refractivity contribution in [2.45, 2.75) is 0 Å². The zero-order valence-electron chi connectivity index (χ0n) is 10.4. The standard InChI is InChI=1S/C15H12N2O2/c1-19-11-4-2-10(3-5-11)13-7-6-12-14(17-13)8-9-16-15(12)18/h2-9H,1H3,(H,16,18). The van der Waals surface area contributed by atoms with Crippen LogP contribution >= 0.6 is 0 Å². The highest BCUT2D eigenvalue weighted by Gasteiger charge is 2.03. The Kier molecular flexibility index (Phi) is 2.76. The van der Waals surface area contributed by atoms with Crippen molar-refractivity contribution in [3.05, 3.63) is 59.0 Å². The van der Waals surface area contributed by atoms with Gasteiger partial charge in [-0.3, -0.25) is 4.79 Å².